The minimum absolute atomic E-state index is 0.128. The highest BCUT2D eigenvalue weighted by Gasteiger charge is 2.14. The number of nitrogens with one attached hydrogen (secondary N) is 1. The number of hydrogen-bond acceptors (Lipinski definition) is 4. The summed E-state index contributed by atoms with van der Waals surface area (Å²) in [6, 6.07) is 9.60. The number of fused-ring (bicyclic) bond motifs is 1. The van der Waals surface area contributed by atoms with Gasteiger partial charge in [-0.05, 0) is 0 Å². The molecule has 100 valence electrons. The van der Waals surface area contributed by atoms with Crippen LogP contribution in [0, 0.1) is 0 Å². The number of pyridine rings is 1. The van der Waals surface area contributed by atoms with E-state index < -0.39 is 0 Å². The third kappa shape index (κ3) is 2.02. The van der Waals surface area contributed by atoms with Crippen LogP contribution in [0.2, 0.25) is 5.02 Å². The molecule has 5 nitrogen and oxygen atoms in total. The van der Waals surface area contributed by atoms with Gasteiger partial charge in [0, 0.05) is 11.8 Å². The summed E-state index contributed by atoms with van der Waals surface area (Å²) < 4.78 is 5.00. The van der Waals surface area contributed by atoms with Gasteiger partial charge in [0.15, 0.2) is 0 Å². The number of ether oxygens (including phenoxy) is 1. The van der Waals surface area contributed by atoms with Gasteiger partial charge in [-0.15, -0.1) is 0 Å². The predicted octanol–water partition coefficient (Wildman–Crippen LogP) is 2.65. The molecule has 0 atom stereocenters. The van der Waals surface area contributed by atoms with Gasteiger partial charge >= 0.3 is 0 Å². The summed E-state index contributed by atoms with van der Waals surface area (Å²) >= 11 is 6.05. The molecular weight excluding hydrogens is 278 g/mol. The minimum Gasteiger partial charge on any atom is -0.468 e. The van der Waals surface area contributed by atoms with Crippen molar-refractivity contribution in [2.45, 2.75) is 0 Å². The molecule has 0 bridgehead atoms. The smallest absolute Gasteiger partial charge is 0.296 e. The van der Waals surface area contributed by atoms with Gasteiger partial charge in [-0.1, -0.05) is 41.9 Å². The highest BCUT2D eigenvalue weighted by molar-refractivity contribution is 6.35. The fraction of sp³-hybridized carbons (Fsp3) is 0.0714. The molecule has 3 rings (SSSR count). The molecule has 1 aromatic carbocycles. The molecule has 0 spiro atoms. The molecule has 0 saturated carbocycles. The van der Waals surface area contributed by atoms with E-state index in [2.05, 4.69) is 15.0 Å². The van der Waals surface area contributed by atoms with E-state index >= 15 is 0 Å². The van der Waals surface area contributed by atoms with Crippen molar-refractivity contribution < 1.29 is 4.74 Å². The van der Waals surface area contributed by atoms with Gasteiger partial charge in [0.25, 0.3) is 11.6 Å². The van der Waals surface area contributed by atoms with Gasteiger partial charge < -0.3 is 4.74 Å². The van der Waals surface area contributed by atoms with E-state index in [9.17, 15) is 4.79 Å². The Morgan fingerprint density at radius 1 is 1.25 bits per heavy atom. The Morgan fingerprint density at radius 3 is 2.70 bits per heavy atom. The molecule has 0 amide bonds. The Bertz CT molecular complexity index is 831. The number of H-pyrrole nitrogens is 1. The van der Waals surface area contributed by atoms with Crippen LogP contribution < -0.4 is 10.3 Å². The summed E-state index contributed by atoms with van der Waals surface area (Å²) in [4.78, 5) is 23.2. The Balaban J connectivity index is 2.42. The molecule has 3 aromatic rings. The van der Waals surface area contributed by atoms with Gasteiger partial charge in [0.1, 0.15) is 5.52 Å². The second-order valence-electron chi connectivity index (χ2n) is 4.12. The number of aromatic nitrogens is 3. The lowest BCUT2D eigenvalue weighted by Gasteiger charge is -2.07. The van der Waals surface area contributed by atoms with Crippen LogP contribution in [0.25, 0.3) is 22.2 Å². The largest absolute Gasteiger partial charge is 0.468 e. The first-order valence-corrected chi connectivity index (χ1v) is 6.26. The molecule has 2 aromatic heterocycles. The van der Waals surface area contributed by atoms with Crippen LogP contribution in [0.3, 0.4) is 0 Å². The number of nitrogens with zero attached hydrogens (tertiary/aromatic N) is 2. The standard InChI is InChI=1S/C14H10ClN3O2/c1-20-14-17-12-10(13(19)18-14)9(15)7-16-11(12)8-5-3-2-4-6-8/h2-7H,1H3,(H,17,18,19). The first-order valence-electron chi connectivity index (χ1n) is 5.88. The second-order valence-corrected chi connectivity index (χ2v) is 4.53. The lowest BCUT2D eigenvalue weighted by molar-refractivity contribution is 0.380. The van der Waals surface area contributed by atoms with Crippen molar-refractivity contribution >= 4 is 22.5 Å². The van der Waals surface area contributed by atoms with E-state index in [1.165, 1.54) is 13.3 Å². The average Bonchev–Trinajstić information content (AvgIpc) is 2.48. The summed E-state index contributed by atoms with van der Waals surface area (Å²) in [6.07, 6.45) is 1.45. The number of aromatic amines is 1. The van der Waals surface area contributed by atoms with Gasteiger partial charge in [-0.2, -0.15) is 4.98 Å². The van der Waals surface area contributed by atoms with E-state index in [0.29, 0.717) is 16.6 Å². The minimum atomic E-state index is -0.351. The first-order chi connectivity index (χ1) is 9.70. The lowest BCUT2D eigenvalue weighted by atomic mass is 10.1. The quantitative estimate of drug-likeness (QED) is 0.787. The summed E-state index contributed by atoms with van der Waals surface area (Å²) in [5.41, 5.74) is 1.52. The Kier molecular flexibility index (Phi) is 3.12. The summed E-state index contributed by atoms with van der Waals surface area (Å²) in [5, 5.41) is 0.567. The fourth-order valence-electron chi connectivity index (χ4n) is 2.00. The summed E-state index contributed by atoms with van der Waals surface area (Å²) in [6.45, 7) is 0. The monoisotopic (exact) mass is 287 g/mol. The van der Waals surface area contributed by atoms with Gasteiger partial charge in [-0.3, -0.25) is 14.8 Å². The molecule has 0 fully saturated rings. The summed E-state index contributed by atoms with van der Waals surface area (Å²) in [5.74, 6) is 0. The third-order valence-electron chi connectivity index (χ3n) is 2.91. The lowest BCUT2D eigenvalue weighted by Crippen LogP contribution is -2.11. The maximum atomic E-state index is 12.1. The zero-order valence-corrected chi connectivity index (χ0v) is 11.3. The van der Waals surface area contributed by atoms with Gasteiger partial charge in [-0.25, -0.2) is 0 Å². The van der Waals surface area contributed by atoms with Crippen molar-refractivity contribution in [3.63, 3.8) is 0 Å². The van der Waals surface area contributed by atoms with Crippen molar-refractivity contribution in [3.8, 4) is 17.3 Å². The SMILES string of the molecule is COc1nc2c(-c3ccccc3)ncc(Cl)c2c(=O)[nH]1. The van der Waals surface area contributed by atoms with E-state index in [4.69, 9.17) is 16.3 Å². The predicted molar refractivity (Wildman–Crippen MR) is 77.2 cm³/mol. The Hall–Kier alpha value is -2.40. The van der Waals surface area contributed by atoms with E-state index in [-0.39, 0.29) is 16.6 Å². The van der Waals surface area contributed by atoms with E-state index in [1.54, 1.807) is 0 Å². The number of rotatable bonds is 2. The Morgan fingerprint density at radius 2 is 2.00 bits per heavy atom. The molecule has 2 heterocycles. The average molecular weight is 288 g/mol. The van der Waals surface area contributed by atoms with Gasteiger partial charge in [0.2, 0.25) is 0 Å². The van der Waals surface area contributed by atoms with Crippen LogP contribution in [-0.4, -0.2) is 22.1 Å². The highest BCUT2D eigenvalue weighted by Crippen LogP contribution is 2.28. The van der Waals surface area contributed by atoms with Crippen LogP contribution in [0.5, 0.6) is 6.01 Å². The number of benzene rings is 1. The Labute approximate surface area is 119 Å². The van der Waals surface area contributed by atoms with Crippen molar-refractivity contribution in [1.29, 1.82) is 0 Å². The maximum Gasteiger partial charge on any atom is 0.296 e. The van der Waals surface area contributed by atoms with E-state index in [1.807, 2.05) is 30.3 Å². The zero-order valence-electron chi connectivity index (χ0n) is 10.6. The molecule has 20 heavy (non-hydrogen) atoms. The van der Waals surface area contributed by atoms with Crippen LogP contribution in [0.4, 0.5) is 0 Å². The van der Waals surface area contributed by atoms with Crippen LogP contribution in [0.15, 0.2) is 41.3 Å². The van der Waals surface area contributed by atoms with Crippen molar-refractivity contribution in [1.82, 2.24) is 15.0 Å². The van der Waals surface area contributed by atoms with E-state index in [0.717, 1.165) is 5.56 Å². The topological polar surface area (TPSA) is 67.9 Å². The number of methoxy groups -OCH3 is 1. The molecule has 0 unspecified atom stereocenters. The van der Waals surface area contributed by atoms with Crippen LogP contribution >= 0.6 is 11.6 Å². The molecule has 0 aliphatic rings. The molecule has 1 N–H and O–H groups in total. The highest BCUT2D eigenvalue weighted by atomic mass is 35.5. The molecular formula is C14H10ClN3O2. The zero-order chi connectivity index (χ0) is 14.1. The van der Waals surface area contributed by atoms with Crippen molar-refractivity contribution in [2.75, 3.05) is 7.11 Å². The maximum absolute atomic E-state index is 12.1. The third-order valence-corrected chi connectivity index (χ3v) is 3.19. The van der Waals surface area contributed by atoms with Crippen LogP contribution in [-0.2, 0) is 0 Å². The van der Waals surface area contributed by atoms with Crippen LogP contribution in [0.1, 0.15) is 0 Å². The molecule has 0 saturated heterocycles. The van der Waals surface area contributed by atoms with Crippen molar-refractivity contribution in [3.05, 3.63) is 51.9 Å². The first kappa shape index (κ1) is 12.6. The molecule has 0 radical (unpaired) electrons. The fourth-order valence-corrected chi connectivity index (χ4v) is 2.22. The van der Waals surface area contributed by atoms with Crippen molar-refractivity contribution in [2.24, 2.45) is 0 Å². The summed E-state index contributed by atoms with van der Waals surface area (Å²) in [7, 11) is 1.43. The molecule has 6 heteroatoms. The number of halogens is 1. The van der Waals surface area contributed by atoms with Gasteiger partial charge in [0.05, 0.1) is 23.2 Å². The number of hydrogen-bond donors (Lipinski definition) is 1. The molecule has 0 aliphatic carbocycles. The second kappa shape index (κ2) is 4.94. The molecule has 0 aliphatic heterocycles. The normalized spacial score (nSPS) is 10.7.